The van der Waals surface area contributed by atoms with Gasteiger partial charge >= 0.3 is 12.1 Å². The lowest BCUT2D eigenvalue weighted by Crippen LogP contribution is -2.49. The van der Waals surface area contributed by atoms with Gasteiger partial charge in [-0.25, -0.2) is 4.79 Å². The Morgan fingerprint density at radius 3 is 2.26 bits per heavy atom. The van der Waals surface area contributed by atoms with E-state index >= 15 is 0 Å². The molecule has 31 heavy (non-hydrogen) atoms. The summed E-state index contributed by atoms with van der Waals surface area (Å²) < 4.78 is 5.47. The molecule has 0 spiro atoms. The van der Waals surface area contributed by atoms with Gasteiger partial charge in [0.1, 0.15) is 12.6 Å². The minimum absolute atomic E-state index is 0.105. The number of rotatable bonds is 6. The van der Waals surface area contributed by atoms with Gasteiger partial charge in [0, 0.05) is 19.0 Å². The van der Waals surface area contributed by atoms with Crippen LogP contribution in [0.1, 0.15) is 36.8 Å². The van der Waals surface area contributed by atoms with Crippen LogP contribution >= 0.6 is 0 Å². The Balaban J connectivity index is 1.43. The average molecular weight is 422 g/mol. The van der Waals surface area contributed by atoms with Crippen molar-refractivity contribution in [2.24, 2.45) is 5.92 Å². The number of hydrogen-bond donors (Lipinski definition) is 2. The molecule has 1 saturated heterocycles. The van der Waals surface area contributed by atoms with E-state index in [-0.39, 0.29) is 18.4 Å². The van der Waals surface area contributed by atoms with E-state index in [2.05, 4.69) is 5.32 Å². The number of nitrogens with one attached hydrogen (secondary N) is 1. The van der Waals surface area contributed by atoms with Crippen LogP contribution in [0.25, 0.3) is 11.1 Å². The molecule has 2 aromatic rings. The van der Waals surface area contributed by atoms with E-state index in [1.807, 2.05) is 55.5 Å². The lowest BCUT2D eigenvalue weighted by Gasteiger charge is -2.23. The van der Waals surface area contributed by atoms with E-state index in [1.54, 1.807) is 4.90 Å². The summed E-state index contributed by atoms with van der Waals surface area (Å²) in [6, 6.07) is 14.9. The van der Waals surface area contributed by atoms with Gasteiger partial charge in [0.05, 0.1) is 6.42 Å². The molecule has 162 valence electrons. The summed E-state index contributed by atoms with van der Waals surface area (Å²) in [6.45, 7) is 3.29. The summed E-state index contributed by atoms with van der Waals surface area (Å²) >= 11 is 0. The number of alkyl carbamates (subject to hydrolysis) is 1. The maximum absolute atomic E-state index is 12.7. The number of amides is 2. The average Bonchev–Trinajstić information content (AvgIpc) is 3.32. The highest BCUT2D eigenvalue weighted by molar-refractivity contribution is 5.89. The summed E-state index contributed by atoms with van der Waals surface area (Å²) in [6.07, 6.45) is -0.390. The molecule has 2 aromatic carbocycles. The van der Waals surface area contributed by atoms with E-state index in [0.29, 0.717) is 19.0 Å². The number of carboxylic acids is 1. The molecule has 0 bridgehead atoms. The molecule has 4 rings (SSSR count). The maximum Gasteiger partial charge on any atom is 0.407 e. The van der Waals surface area contributed by atoms with Crippen LogP contribution in [-0.4, -0.2) is 53.7 Å². The van der Waals surface area contributed by atoms with E-state index in [1.165, 1.54) is 0 Å². The first-order chi connectivity index (χ1) is 14.9. The third-order valence-electron chi connectivity index (χ3n) is 6.05. The van der Waals surface area contributed by atoms with Crippen molar-refractivity contribution in [1.82, 2.24) is 10.2 Å². The quantitative estimate of drug-likeness (QED) is 0.745. The number of likely N-dealkylation sites (tertiary alicyclic amines) is 1. The number of aliphatic carboxylic acids is 1. The summed E-state index contributed by atoms with van der Waals surface area (Å²) in [5, 5.41) is 11.7. The third kappa shape index (κ3) is 4.40. The molecule has 0 radical (unpaired) electrons. The molecule has 0 aromatic heterocycles. The van der Waals surface area contributed by atoms with Crippen molar-refractivity contribution in [1.29, 1.82) is 0 Å². The molecule has 1 aliphatic carbocycles. The first-order valence-electron chi connectivity index (χ1n) is 10.6. The second kappa shape index (κ2) is 8.79. The van der Waals surface area contributed by atoms with Gasteiger partial charge in [-0.1, -0.05) is 55.5 Å². The molecule has 2 atom stereocenters. The van der Waals surface area contributed by atoms with Crippen LogP contribution in [-0.2, 0) is 14.3 Å². The fraction of sp³-hybridized carbons (Fsp3) is 0.375. The SMILES string of the molecule is CC1CCN(C(=O)C(CC(=O)O)NC(=O)OCC2c3ccccc3-c3ccccc32)C1. The van der Waals surface area contributed by atoms with Crippen LogP contribution in [0.2, 0.25) is 0 Å². The fourth-order valence-corrected chi connectivity index (χ4v) is 4.51. The number of hydrogen-bond acceptors (Lipinski definition) is 4. The molecule has 0 saturated carbocycles. The molecule has 1 heterocycles. The number of ether oxygens (including phenoxy) is 1. The van der Waals surface area contributed by atoms with Crippen LogP contribution in [0.4, 0.5) is 4.79 Å². The Kier molecular flexibility index (Phi) is 5.93. The predicted molar refractivity (Wildman–Crippen MR) is 115 cm³/mol. The summed E-state index contributed by atoms with van der Waals surface area (Å²) in [5.74, 6) is -1.26. The fourth-order valence-electron chi connectivity index (χ4n) is 4.51. The number of carbonyl (C=O) groups excluding carboxylic acids is 2. The van der Waals surface area contributed by atoms with Gasteiger partial charge in [0.15, 0.2) is 0 Å². The Labute approximate surface area is 181 Å². The normalized spacial score (nSPS) is 18.2. The lowest BCUT2D eigenvalue weighted by atomic mass is 9.98. The van der Waals surface area contributed by atoms with E-state index < -0.39 is 24.5 Å². The van der Waals surface area contributed by atoms with Crippen LogP contribution < -0.4 is 5.32 Å². The van der Waals surface area contributed by atoms with Crippen molar-refractivity contribution in [3.8, 4) is 11.1 Å². The van der Waals surface area contributed by atoms with Crippen LogP contribution in [0, 0.1) is 5.92 Å². The lowest BCUT2D eigenvalue weighted by molar-refractivity contribution is -0.142. The van der Waals surface area contributed by atoms with Gasteiger partial charge in [-0.3, -0.25) is 9.59 Å². The van der Waals surface area contributed by atoms with E-state index in [0.717, 1.165) is 28.7 Å². The number of benzene rings is 2. The Hall–Kier alpha value is -3.35. The minimum Gasteiger partial charge on any atom is -0.481 e. The third-order valence-corrected chi connectivity index (χ3v) is 6.05. The van der Waals surface area contributed by atoms with Gasteiger partial charge in [-0.15, -0.1) is 0 Å². The van der Waals surface area contributed by atoms with Crippen LogP contribution in [0.3, 0.4) is 0 Å². The molecule has 2 amide bonds. The molecular weight excluding hydrogens is 396 g/mol. The Bertz CT molecular complexity index is 959. The summed E-state index contributed by atoms with van der Waals surface area (Å²) in [4.78, 5) is 38.1. The van der Waals surface area contributed by atoms with Crippen LogP contribution in [0.5, 0.6) is 0 Å². The number of carboxylic acid groups (broad SMARTS) is 1. The first kappa shape index (κ1) is 20.9. The minimum atomic E-state index is -1.15. The molecule has 7 nitrogen and oxygen atoms in total. The van der Waals surface area contributed by atoms with Gasteiger partial charge in [0.25, 0.3) is 0 Å². The summed E-state index contributed by atoms with van der Waals surface area (Å²) in [7, 11) is 0. The molecule has 2 N–H and O–H groups in total. The second-order valence-corrected chi connectivity index (χ2v) is 8.30. The smallest absolute Gasteiger partial charge is 0.407 e. The van der Waals surface area contributed by atoms with E-state index in [4.69, 9.17) is 4.74 Å². The Morgan fingerprint density at radius 2 is 1.71 bits per heavy atom. The zero-order chi connectivity index (χ0) is 22.0. The molecular formula is C24H26N2O5. The van der Waals surface area contributed by atoms with Crippen molar-refractivity contribution in [2.45, 2.75) is 31.7 Å². The zero-order valence-electron chi connectivity index (χ0n) is 17.4. The second-order valence-electron chi connectivity index (χ2n) is 8.30. The first-order valence-corrected chi connectivity index (χ1v) is 10.6. The maximum atomic E-state index is 12.7. The standard InChI is InChI=1S/C24H26N2O5/c1-15-10-11-26(13-15)23(29)21(12-22(27)28)25-24(30)31-14-20-18-8-4-2-6-16(18)17-7-3-5-9-19(17)20/h2-9,15,20-21H,10-14H2,1H3,(H,25,30)(H,27,28). The van der Waals surface area contributed by atoms with Gasteiger partial charge in [0.2, 0.25) is 5.91 Å². The molecule has 7 heteroatoms. The van der Waals surface area contributed by atoms with Gasteiger partial charge in [-0.05, 0) is 34.6 Å². The molecule has 2 unspecified atom stereocenters. The summed E-state index contributed by atoms with van der Waals surface area (Å²) in [5.41, 5.74) is 4.41. The highest BCUT2D eigenvalue weighted by Crippen LogP contribution is 2.44. The molecule has 1 aliphatic heterocycles. The van der Waals surface area contributed by atoms with Crippen molar-refractivity contribution < 1.29 is 24.2 Å². The molecule has 2 aliphatic rings. The van der Waals surface area contributed by atoms with Crippen molar-refractivity contribution in [2.75, 3.05) is 19.7 Å². The Morgan fingerprint density at radius 1 is 1.10 bits per heavy atom. The number of carbonyl (C=O) groups is 3. The number of fused-ring (bicyclic) bond motifs is 3. The highest BCUT2D eigenvalue weighted by atomic mass is 16.5. The molecule has 1 fully saturated rings. The van der Waals surface area contributed by atoms with Crippen LogP contribution in [0.15, 0.2) is 48.5 Å². The highest BCUT2D eigenvalue weighted by Gasteiger charge is 2.33. The van der Waals surface area contributed by atoms with Crippen molar-refractivity contribution in [3.63, 3.8) is 0 Å². The predicted octanol–water partition coefficient (Wildman–Crippen LogP) is 3.24. The number of nitrogens with zero attached hydrogens (tertiary/aromatic N) is 1. The van der Waals surface area contributed by atoms with Crippen molar-refractivity contribution in [3.05, 3.63) is 59.7 Å². The monoisotopic (exact) mass is 422 g/mol. The van der Waals surface area contributed by atoms with E-state index in [9.17, 15) is 19.5 Å². The topological polar surface area (TPSA) is 95.9 Å². The van der Waals surface area contributed by atoms with Gasteiger partial charge < -0.3 is 20.1 Å². The van der Waals surface area contributed by atoms with Crippen molar-refractivity contribution >= 4 is 18.0 Å². The zero-order valence-corrected chi connectivity index (χ0v) is 17.4. The van der Waals surface area contributed by atoms with Gasteiger partial charge in [-0.2, -0.15) is 0 Å². The largest absolute Gasteiger partial charge is 0.481 e.